The predicted octanol–water partition coefficient (Wildman–Crippen LogP) is 5.13. The van der Waals surface area contributed by atoms with Crippen LogP contribution in [0.5, 0.6) is 0 Å². The van der Waals surface area contributed by atoms with Gasteiger partial charge < -0.3 is 10.6 Å². The minimum Gasteiger partial charge on any atom is -0.350 e. The first-order chi connectivity index (χ1) is 17.6. The summed E-state index contributed by atoms with van der Waals surface area (Å²) >= 11 is 12.0. The third kappa shape index (κ3) is 5.22. The smallest absolute Gasteiger partial charge is 0.243 e. The minimum atomic E-state index is -3.60. The van der Waals surface area contributed by atoms with Crippen molar-refractivity contribution in [1.29, 1.82) is 0 Å². The van der Waals surface area contributed by atoms with Crippen molar-refractivity contribution in [3.8, 4) is 0 Å². The summed E-state index contributed by atoms with van der Waals surface area (Å²) in [6, 6.07) is 9.28. The molecule has 2 aromatic heterocycles. The Hall–Kier alpha value is -2.99. The Balaban J connectivity index is 1.34. The van der Waals surface area contributed by atoms with Crippen molar-refractivity contribution in [3.63, 3.8) is 0 Å². The zero-order valence-electron chi connectivity index (χ0n) is 20.0. The Kier molecular flexibility index (Phi) is 6.97. The van der Waals surface area contributed by atoms with Gasteiger partial charge in [-0.15, -0.1) is 0 Å². The van der Waals surface area contributed by atoms with E-state index in [1.165, 1.54) is 10.4 Å². The average molecular weight is 564 g/mol. The molecule has 194 valence electrons. The number of nitrogens with one attached hydrogen (secondary N) is 2. The second-order valence-electron chi connectivity index (χ2n) is 8.93. The molecule has 3 heterocycles. The molecule has 2 N–H and O–H groups in total. The van der Waals surface area contributed by atoms with E-state index in [0.29, 0.717) is 42.6 Å². The number of piperidine rings is 1. The number of hydrogen-bond acceptors (Lipinski definition) is 7. The van der Waals surface area contributed by atoms with Gasteiger partial charge in [-0.1, -0.05) is 40.9 Å². The number of aryl methyl sites for hydroxylation is 2. The molecule has 0 saturated carbocycles. The molecule has 0 amide bonds. The summed E-state index contributed by atoms with van der Waals surface area (Å²) < 4.78 is 43.8. The van der Waals surface area contributed by atoms with Crippen LogP contribution < -0.4 is 10.6 Å². The van der Waals surface area contributed by atoms with Crippen LogP contribution in [0.3, 0.4) is 0 Å². The van der Waals surface area contributed by atoms with Gasteiger partial charge in [0.2, 0.25) is 21.9 Å². The van der Waals surface area contributed by atoms with E-state index in [9.17, 15) is 12.8 Å². The molecular weight excluding hydrogens is 540 g/mol. The van der Waals surface area contributed by atoms with Crippen molar-refractivity contribution in [2.24, 2.45) is 7.05 Å². The van der Waals surface area contributed by atoms with Crippen molar-refractivity contribution in [2.75, 3.05) is 23.7 Å². The summed E-state index contributed by atoms with van der Waals surface area (Å²) in [5.74, 6) is 0.0513. The third-order valence-electron chi connectivity index (χ3n) is 6.23. The van der Waals surface area contributed by atoms with Gasteiger partial charge in [-0.25, -0.2) is 22.8 Å². The Morgan fingerprint density at radius 2 is 1.89 bits per heavy atom. The number of aromatic nitrogens is 4. The lowest BCUT2D eigenvalue weighted by atomic mass is 10.1. The maximum atomic E-state index is 14.4. The van der Waals surface area contributed by atoms with E-state index in [-0.39, 0.29) is 26.7 Å². The van der Waals surface area contributed by atoms with Crippen LogP contribution >= 0.6 is 23.2 Å². The van der Waals surface area contributed by atoms with E-state index in [1.54, 1.807) is 42.1 Å². The lowest BCUT2D eigenvalue weighted by Crippen LogP contribution is -2.45. The van der Waals surface area contributed by atoms with Crippen LogP contribution in [0.2, 0.25) is 10.0 Å². The Morgan fingerprint density at radius 3 is 2.62 bits per heavy atom. The van der Waals surface area contributed by atoms with E-state index in [1.807, 2.05) is 6.92 Å². The summed E-state index contributed by atoms with van der Waals surface area (Å²) in [5.41, 5.74) is 2.05. The largest absolute Gasteiger partial charge is 0.350 e. The van der Waals surface area contributed by atoms with Gasteiger partial charge in [-0.3, -0.25) is 4.57 Å². The number of halogens is 3. The molecule has 1 aliphatic rings. The second kappa shape index (κ2) is 10.1. The fourth-order valence-electron chi connectivity index (χ4n) is 4.26. The molecule has 9 nitrogen and oxygen atoms in total. The Bertz CT molecular complexity index is 1560. The normalized spacial score (nSPS) is 16.7. The molecule has 13 heteroatoms. The van der Waals surface area contributed by atoms with Gasteiger partial charge in [0.05, 0.1) is 21.8 Å². The monoisotopic (exact) mass is 563 g/mol. The number of hydrogen-bond donors (Lipinski definition) is 2. The molecule has 0 unspecified atom stereocenters. The van der Waals surface area contributed by atoms with Crippen LogP contribution in [-0.4, -0.2) is 51.4 Å². The Labute approximate surface area is 223 Å². The highest BCUT2D eigenvalue weighted by Gasteiger charge is 2.30. The summed E-state index contributed by atoms with van der Waals surface area (Å²) in [5, 5.41) is 6.46. The van der Waals surface area contributed by atoms with Crippen molar-refractivity contribution in [1.82, 2.24) is 23.8 Å². The second-order valence-corrected chi connectivity index (χ2v) is 11.7. The van der Waals surface area contributed by atoms with Crippen LogP contribution in [0.15, 0.2) is 47.5 Å². The van der Waals surface area contributed by atoms with Gasteiger partial charge in [0.15, 0.2) is 5.65 Å². The SMILES string of the molecule is Cc1ccc(S(=O)(=O)N2CCC[C@@H](Nc3ncc4nc(Nc5c(F)cc(Cl)cc5Cl)n(C)c4n3)C2)cc1. The molecule has 37 heavy (non-hydrogen) atoms. The summed E-state index contributed by atoms with van der Waals surface area (Å²) in [7, 11) is -1.87. The van der Waals surface area contributed by atoms with E-state index >= 15 is 0 Å². The van der Waals surface area contributed by atoms with Gasteiger partial charge in [-0.05, 0) is 44.0 Å². The zero-order chi connectivity index (χ0) is 26.3. The molecule has 0 bridgehead atoms. The first-order valence-electron chi connectivity index (χ1n) is 11.6. The first-order valence-corrected chi connectivity index (χ1v) is 13.8. The third-order valence-corrected chi connectivity index (χ3v) is 8.63. The highest BCUT2D eigenvalue weighted by Crippen LogP contribution is 2.32. The average Bonchev–Trinajstić information content (AvgIpc) is 3.16. The maximum absolute atomic E-state index is 14.4. The van der Waals surface area contributed by atoms with E-state index in [4.69, 9.17) is 23.2 Å². The quantitative estimate of drug-likeness (QED) is 0.335. The number of anilines is 3. The molecule has 5 rings (SSSR count). The predicted molar refractivity (Wildman–Crippen MR) is 143 cm³/mol. The van der Waals surface area contributed by atoms with Crippen molar-refractivity contribution < 1.29 is 12.8 Å². The lowest BCUT2D eigenvalue weighted by molar-refractivity contribution is 0.326. The number of nitrogens with zero attached hydrogens (tertiary/aromatic N) is 5. The van der Waals surface area contributed by atoms with E-state index < -0.39 is 15.8 Å². The van der Waals surface area contributed by atoms with Gasteiger partial charge in [0, 0.05) is 31.2 Å². The number of sulfonamides is 1. The summed E-state index contributed by atoms with van der Waals surface area (Å²) in [4.78, 5) is 13.6. The van der Waals surface area contributed by atoms with Crippen LogP contribution in [0.25, 0.3) is 11.2 Å². The number of imidazole rings is 1. The topological polar surface area (TPSA) is 105 Å². The highest BCUT2D eigenvalue weighted by atomic mass is 35.5. The molecule has 1 saturated heterocycles. The van der Waals surface area contributed by atoms with Crippen LogP contribution in [0.1, 0.15) is 18.4 Å². The summed E-state index contributed by atoms with van der Waals surface area (Å²) in [6.07, 6.45) is 3.03. The van der Waals surface area contributed by atoms with E-state index in [0.717, 1.165) is 18.1 Å². The zero-order valence-corrected chi connectivity index (χ0v) is 22.4. The van der Waals surface area contributed by atoms with Crippen LogP contribution in [-0.2, 0) is 17.1 Å². The van der Waals surface area contributed by atoms with E-state index in [2.05, 4.69) is 25.6 Å². The molecule has 0 radical (unpaired) electrons. The fourth-order valence-corrected chi connectivity index (χ4v) is 6.30. The fraction of sp³-hybridized carbons (Fsp3) is 0.292. The summed E-state index contributed by atoms with van der Waals surface area (Å²) in [6.45, 7) is 2.67. The number of benzene rings is 2. The van der Waals surface area contributed by atoms with Gasteiger partial charge in [-0.2, -0.15) is 9.29 Å². The molecule has 1 atom stereocenters. The standard InChI is InChI=1S/C24H24Cl2FN7O2S/c1-14-5-7-17(8-6-14)37(35,36)34-9-3-4-16(13-34)29-23-28-12-20-22(32-23)33(2)24(30-20)31-21-18(26)10-15(25)11-19(21)27/h5-8,10-12,16H,3-4,9,13H2,1-2H3,(H,30,31)(H,28,29,32)/t16-/m1/s1. The van der Waals surface area contributed by atoms with Gasteiger partial charge in [0.1, 0.15) is 11.3 Å². The van der Waals surface area contributed by atoms with Crippen LogP contribution in [0, 0.1) is 12.7 Å². The maximum Gasteiger partial charge on any atom is 0.243 e. The van der Waals surface area contributed by atoms with Crippen molar-refractivity contribution in [3.05, 3.63) is 64.0 Å². The van der Waals surface area contributed by atoms with Crippen LogP contribution in [0.4, 0.5) is 22.0 Å². The van der Waals surface area contributed by atoms with Crippen molar-refractivity contribution in [2.45, 2.75) is 30.7 Å². The molecule has 0 aliphatic carbocycles. The molecule has 1 aliphatic heterocycles. The van der Waals surface area contributed by atoms with Crippen molar-refractivity contribution >= 4 is 62.0 Å². The van der Waals surface area contributed by atoms with Gasteiger partial charge >= 0.3 is 0 Å². The van der Waals surface area contributed by atoms with Gasteiger partial charge in [0.25, 0.3) is 0 Å². The molecule has 0 spiro atoms. The molecular formula is C24H24Cl2FN7O2S. The minimum absolute atomic E-state index is 0.0489. The number of fused-ring (bicyclic) bond motifs is 1. The molecule has 1 fully saturated rings. The molecule has 2 aromatic carbocycles. The Morgan fingerprint density at radius 1 is 1.14 bits per heavy atom. The first kappa shape index (κ1) is 25.7. The highest BCUT2D eigenvalue weighted by molar-refractivity contribution is 7.89. The lowest BCUT2D eigenvalue weighted by Gasteiger charge is -2.32. The number of rotatable bonds is 6. The molecule has 4 aromatic rings.